The van der Waals surface area contributed by atoms with E-state index in [0.717, 1.165) is 49.3 Å². The summed E-state index contributed by atoms with van der Waals surface area (Å²) in [5.74, 6) is 1.06. The third-order valence-corrected chi connectivity index (χ3v) is 3.91. The molecule has 4 nitrogen and oxygen atoms in total. The lowest BCUT2D eigenvalue weighted by atomic mass is 10.1. The molecule has 0 amide bonds. The van der Waals surface area contributed by atoms with Crippen molar-refractivity contribution in [2.24, 2.45) is 0 Å². The molecule has 0 aliphatic carbocycles. The third kappa shape index (κ3) is 2.61. The van der Waals surface area contributed by atoms with E-state index in [4.69, 9.17) is 4.74 Å². The molecule has 1 fully saturated rings. The molecular formula is C16H21N3O. The maximum Gasteiger partial charge on any atom is 0.139 e. The topological polar surface area (TPSA) is 38.2 Å². The van der Waals surface area contributed by atoms with Gasteiger partial charge in [-0.15, -0.1) is 0 Å². The minimum atomic E-state index is 0.408. The number of nitrogens with zero attached hydrogens (tertiary/aromatic N) is 3. The van der Waals surface area contributed by atoms with Gasteiger partial charge in [-0.1, -0.05) is 11.6 Å². The van der Waals surface area contributed by atoms with Gasteiger partial charge in [0.2, 0.25) is 0 Å². The SMILES string of the molecule is CCOC1CCN(c2ncnc3ccc(C)cc23)CC1. The smallest absolute Gasteiger partial charge is 0.139 e. The lowest BCUT2D eigenvalue weighted by molar-refractivity contribution is 0.0459. The number of anilines is 1. The Morgan fingerprint density at radius 1 is 1.25 bits per heavy atom. The first-order valence-electron chi connectivity index (χ1n) is 7.36. The summed E-state index contributed by atoms with van der Waals surface area (Å²) in [6.07, 6.45) is 4.23. The van der Waals surface area contributed by atoms with Crippen LogP contribution in [0.15, 0.2) is 24.5 Å². The van der Waals surface area contributed by atoms with Crippen molar-refractivity contribution in [3.63, 3.8) is 0 Å². The van der Waals surface area contributed by atoms with Crippen LogP contribution in [-0.2, 0) is 4.74 Å². The lowest BCUT2D eigenvalue weighted by Gasteiger charge is -2.33. The molecule has 106 valence electrons. The third-order valence-electron chi connectivity index (χ3n) is 3.91. The fraction of sp³-hybridized carbons (Fsp3) is 0.500. The van der Waals surface area contributed by atoms with E-state index in [1.165, 1.54) is 5.56 Å². The summed E-state index contributed by atoms with van der Waals surface area (Å²) in [7, 11) is 0. The Balaban J connectivity index is 1.86. The average molecular weight is 271 g/mol. The minimum Gasteiger partial charge on any atom is -0.378 e. The van der Waals surface area contributed by atoms with Gasteiger partial charge in [-0.2, -0.15) is 0 Å². The number of hydrogen-bond acceptors (Lipinski definition) is 4. The van der Waals surface area contributed by atoms with E-state index in [9.17, 15) is 0 Å². The summed E-state index contributed by atoms with van der Waals surface area (Å²) in [4.78, 5) is 11.2. The Kier molecular flexibility index (Phi) is 3.83. The zero-order chi connectivity index (χ0) is 13.9. The fourth-order valence-electron chi connectivity index (χ4n) is 2.88. The number of piperidine rings is 1. The maximum atomic E-state index is 5.71. The van der Waals surface area contributed by atoms with Crippen LogP contribution in [0.4, 0.5) is 5.82 Å². The van der Waals surface area contributed by atoms with Gasteiger partial charge in [-0.05, 0) is 38.8 Å². The molecule has 4 heteroatoms. The molecule has 2 aromatic rings. The molecule has 2 heterocycles. The molecule has 1 saturated heterocycles. The molecule has 1 aliphatic rings. The van der Waals surface area contributed by atoms with E-state index in [0.29, 0.717) is 6.10 Å². The van der Waals surface area contributed by atoms with Crippen LogP contribution in [0.3, 0.4) is 0 Å². The van der Waals surface area contributed by atoms with Crippen LogP contribution < -0.4 is 4.90 Å². The number of aryl methyl sites for hydroxylation is 1. The molecule has 1 aromatic heterocycles. The number of rotatable bonds is 3. The summed E-state index contributed by atoms with van der Waals surface area (Å²) in [6.45, 7) is 6.99. The first kappa shape index (κ1) is 13.3. The van der Waals surface area contributed by atoms with Gasteiger partial charge in [-0.25, -0.2) is 9.97 Å². The average Bonchev–Trinajstić information content (AvgIpc) is 2.48. The van der Waals surface area contributed by atoms with E-state index in [1.807, 2.05) is 0 Å². The molecule has 0 atom stereocenters. The number of benzene rings is 1. The molecule has 20 heavy (non-hydrogen) atoms. The maximum absolute atomic E-state index is 5.71. The first-order valence-corrected chi connectivity index (χ1v) is 7.36. The van der Waals surface area contributed by atoms with Crippen LogP contribution in [0.5, 0.6) is 0 Å². The Labute approximate surface area is 119 Å². The van der Waals surface area contributed by atoms with Gasteiger partial charge >= 0.3 is 0 Å². The van der Waals surface area contributed by atoms with Gasteiger partial charge in [0, 0.05) is 25.1 Å². The molecule has 1 aromatic carbocycles. The number of aromatic nitrogens is 2. The fourth-order valence-corrected chi connectivity index (χ4v) is 2.88. The first-order chi connectivity index (χ1) is 9.78. The molecule has 3 rings (SSSR count). The second-order valence-corrected chi connectivity index (χ2v) is 5.36. The molecule has 0 saturated carbocycles. The van der Waals surface area contributed by atoms with Gasteiger partial charge in [0.25, 0.3) is 0 Å². The minimum absolute atomic E-state index is 0.408. The van der Waals surface area contributed by atoms with Gasteiger partial charge < -0.3 is 9.64 Å². The summed E-state index contributed by atoms with van der Waals surface area (Å²) < 4.78 is 5.71. The van der Waals surface area contributed by atoms with Gasteiger partial charge in [0.15, 0.2) is 0 Å². The van der Waals surface area contributed by atoms with Crippen molar-refractivity contribution in [3.8, 4) is 0 Å². The standard InChI is InChI=1S/C16H21N3O/c1-3-20-13-6-8-19(9-7-13)16-14-10-12(2)4-5-15(14)17-11-18-16/h4-5,10-11,13H,3,6-9H2,1-2H3. The molecular weight excluding hydrogens is 250 g/mol. The predicted octanol–water partition coefficient (Wildman–Crippen LogP) is 2.94. The highest BCUT2D eigenvalue weighted by atomic mass is 16.5. The highest BCUT2D eigenvalue weighted by Crippen LogP contribution is 2.27. The van der Waals surface area contributed by atoms with E-state index in [1.54, 1.807) is 6.33 Å². The predicted molar refractivity (Wildman–Crippen MR) is 81.1 cm³/mol. The van der Waals surface area contributed by atoms with E-state index in [-0.39, 0.29) is 0 Å². The van der Waals surface area contributed by atoms with Crippen molar-refractivity contribution in [1.29, 1.82) is 0 Å². The molecule has 0 N–H and O–H groups in total. The van der Waals surface area contributed by atoms with Crippen LogP contribution in [0, 0.1) is 6.92 Å². The monoisotopic (exact) mass is 271 g/mol. The number of ether oxygens (including phenoxy) is 1. The molecule has 0 unspecified atom stereocenters. The highest BCUT2D eigenvalue weighted by Gasteiger charge is 2.21. The normalized spacial score (nSPS) is 16.8. The zero-order valence-corrected chi connectivity index (χ0v) is 12.2. The van der Waals surface area contributed by atoms with E-state index >= 15 is 0 Å². The lowest BCUT2D eigenvalue weighted by Crippen LogP contribution is -2.37. The van der Waals surface area contributed by atoms with Crippen LogP contribution in [0.1, 0.15) is 25.3 Å². The quantitative estimate of drug-likeness (QED) is 0.860. The van der Waals surface area contributed by atoms with Gasteiger partial charge in [0.1, 0.15) is 12.1 Å². The van der Waals surface area contributed by atoms with Crippen molar-refractivity contribution >= 4 is 16.7 Å². The van der Waals surface area contributed by atoms with Crippen molar-refractivity contribution < 1.29 is 4.74 Å². The number of fused-ring (bicyclic) bond motifs is 1. The van der Waals surface area contributed by atoms with Gasteiger partial charge in [-0.3, -0.25) is 0 Å². The second-order valence-electron chi connectivity index (χ2n) is 5.36. The number of hydrogen-bond donors (Lipinski definition) is 0. The Hall–Kier alpha value is -1.68. The largest absolute Gasteiger partial charge is 0.378 e. The van der Waals surface area contributed by atoms with Crippen molar-refractivity contribution in [3.05, 3.63) is 30.1 Å². The summed E-state index contributed by atoms with van der Waals surface area (Å²) in [5, 5.41) is 1.15. The van der Waals surface area contributed by atoms with Gasteiger partial charge in [0.05, 0.1) is 11.6 Å². The Bertz CT molecular complexity index is 591. The molecule has 1 aliphatic heterocycles. The van der Waals surface area contributed by atoms with Crippen molar-refractivity contribution in [1.82, 2.24) is 9.97 Å². The van der Waals surface area contributed by atoms with Crippen LogP contribution in [-0.4, -0.2) is 35.8 Å². The summed E-state index contributed by atoms with van der Waals surface area (Å²) in [5.41, 5.74) is 2.27. The highest BCUT2D eigenvalue weighted by molar-refractivity contribution is 5.89. The van der Waals surface area contributed by atoms with Crippen LogP contribution >= 0.6 is 0 Å². The van der Waals surface area contributed by atoms with Crippen molar-refractivity contribution in [2.45, 2.75) is 32.8 Å². The van der Waals surface area contributed by atoms with Crippen LogP contribution in [0.25, 0.3) is 10.9 Å². The zero-order valence-electron chi connectivity index (χ0n) is 12.2. The van der Waals surface area contributed by atoms with Crippen LogP contribution in [0.2, 0.25) is 0 Å². The molecule has 0 spiro atoms. The Morgan fingerprint density at radius 3 is 2.80 bits per heavy atom. The Morgan fingerprint density at radius 2 is 2.05 bits per heavy atom. The van der Waals surface area contributed by atoms with E-state index in [2.05, 4.69) is 46.9 Å². The molecule has 0 bridgehead atoms. The second kappa shape index (κ2) is 5.75. The molecule has 0 radical (unpaired) electrons. The van der Waals surface area contributed by atoms with Crippen molar-refractivity contribution in [2.75, 3.05) is 24.6 Å². The van der Waals surface area contributed by atoms with E-state index < -0.39 is 0 Å². The summed E-state index contributed by atoms with van der Waals surface area (Å²) >= 11 is 0. The summed E-state index contributed by atoms with van der Waals surface area (Å²) in [6, 6.07) is 6.35.